The molecule has 122 valence electrons. The van der Waals surface area contributed by atoms with Crippen LogP contribution in [0.4, 0.5) is 0 Å². The fraction of sp³-hybridized carbons (Fsp3) is 0.471. The Balaban J connectivity index is 1.54. The highest BCUT2D eigenvalue weighted by Crippen LogP contribution is 2.21. The Morgan fingerprint density at radius 1 is 1.35 bits per heavy atom. The molecular weight excluding hydrogens is 308 g/mol. The molecule has 0 saturated carbocycles. The predicted molar refractivity (Wildman–Crippen MR) is 91.5 cm³/mol. The Hall–Kier alpha value is -1.82. The van der Waals surface area contributed by atoms with Crippen molar-refractivity contribution < 1.29 is 4.79 Å². The van der Waals surface area contributed by atoms with Crippen molar-refractivity contribution in [2.75, 3.05) is 5.75 Å². The zero-order chi connectivity index (χ0) is 16.2. The van der Waals surface area contributed by atoms with E-state index in [2.05, 4.69) is 33.9 Å². The summed E-state index contributed by atoms with van der Waals surface area (Å²) in [6.07, 6.45) is 1.80. The number of aromatic nitrogens is 3. The minimum atomic E-state index is 0.0893. The van der Waals surface area contributed by atoms with Crippen LogP contribution in [-0.2, 0) is 17.8 Å². The summed E-state index contributed by atoms with van der Waals surface area (Å²) in [5.41, 5.74) is 0. The first-order valence-corrected chi connectivity index (χ1v) is 9.01. The lowest BCUT2D eigenvalue weighted by Crippen LogP contribution is -2.42. The van der Waals surface area contributed by atoms with Gasteiger partial charge in [0.1, 0.15) is 11.6 Å². The molecule has 2 heterocycles. The van der Waals surface area contributed by atoms with Crippen molar-refractivity contribution in [2.24, 2.45) is 0 Å². The van der Waals surface area contributed by atoms with Gasteiger partial charge in [-0.2, -0.15) is 0 Å². The number of nitrogens with one attached hydrogen (secondary N) is 1. The van der Waals surface area contributed by atoms with Crippen molar-refractivity contribution in [3.8, 4) is 0 Å². The van der Waals surface area contributed by atoms with Crippen molar-refractivity contribution in [1.29, 1.82) is 0 Å². The second kappa shape index (κ2) is 7.17. The smallest absolute Gasteiger partial charge is 0.230 e. The van der Waals surface area contributed by atoms with Gasteiger partial charge in [0.15, 0.2) is 0 Å². The number of rotatable bonds is 5. The quantitative estimate of drug-likeness (QED) is 0.856. The highest BCUT2D eigenvalue weighted by molar-refractivity contribution is 8.00. The van der Waals surface area contributed by atoms with Gasteiger partial charge in [-0.1, -0.05) is 32.0 Å². The molecule has 0 unspecified atom stereocenters. The zero-order valence-electron chi connectivity index (χ0n) is 13.5. The predicted octanol–water partition coefficient (Wildman–Crippen LogP) is 2.62. The summed E-state index contributed by atoms with van der Waals surface area (Å²) in [6.45, 7) is 5.02. The lowest BCUT2D eigenvalue weighted by atomic mass is 10.1. The fourth-order valence-electron chi connectivity index (χ4n) is 2.83. The van der Waals surface area contributed by atoms with Crippen LogP contribution in [0.15, 0.2) is 35.2 Å². The summed E-state index contributed by atoms with van der Waals surface area (Å²) in [5.74, 6) is 2.94. The number of benzene rings is 1. The van der Waals surface area contributed by atoms with Crippen molar-refractivity contribution >= 4 is 17.7 Å². The second-order valence-corrected chi connectivity index (χ2v) is 7.19. The van der Waals surface area contributed by atoms with Crippen LogP contribution in [0.3, 0.4) is 0 Å². The van der Waals surface area contributed by atoms with E-state index in [1.807, 2.05) is 30.3 Å². The molecule has 1 amide bonds. The lowest BCUT2D eigenvalue weighted by molar-refractivity contribution is -0.119. The van der Waals surface area contributed by atoms with Gasteiger partial charge in [-0.05, 0) is 18.6 Å². The second-order valence-electron chi connectivity index (χ2n) is 6.14. The molecule has 0 fully saturated rings. The average Bonchev–Trinajstić information content (AvgIpc) is 2.97. The number of thioether (sulfide) groups is 1. The monoisotopic (exact) mass is 330 g/mol. The Bertz CT molecular complexity index is 668. The Morgan fingerprint density at radius 2 is 2.13 bits per heavy atom. The molecule has 1 N–H and O–H groups in total. The van der Waals surface area contributed by atoms with Crippen LogP contribution in [0.2, 0.25) is 0 Å². The van der Waals surface area contributed by atoms with Gasteiger partial charge < -0.3 is 9.88 Å². The minimum Gasteiger partial charge on any atom is -0.351 e. The molecule has 0 radical (unpaired) electrons. The summed E-state index contributed by atoms with van der Waals surface area (Å²) in [4.78, 5) is 13.3. The van der Waals surface area contributed by atoms with Gasteiger partial charge in [0.25, 0.3) is 0 Å². The van der Waals surface area contributed by atoms with Crippen LogP contribution in [0.1, 0.15) is 37.8 Å². The molecule has 1 atom stereocenters. The molecule has 0 saturated heterocycles. The number of hydrogen-bond acceptors (Lipinski definition) is 4. The maximum Gasteiger partial charge on any atom is 0.230 e. The van der Waals surface area contributed by atoms with Crippen molar-refractivity contribution in [3.63, 3.8) is 0 Å². The van der Waals surface area contributed by atoms with E-state index in [1.54, 1.807) is 11.8 Å². The number of fused-ring (bicyclic) bond motifs is 1. The third-order valence-corrected chi connectivity index (χ3v) is 4.98. The number of aryl methyl sites for hydroxylation is 1. The van der Waals surface area contributed by atoms with Crippen molar-refractivity contribution in [2.45, 2.75) is 50.1 Å². The largest absolute Gasteiger partial charge is 0.351 e. The SMILES string of the molecule is CC(C)c1nnc2n1C[C@H](NC(=O)CSc1ccccc1)CC2. The molecule has 1 aliphatic rings. The summed E-state index contributed by atoms with van der Waals surface area (Å²) in [7, 11) is 0. The Kier molecular flexibility index (Phi) is 5.00. The molecule has 2 aromatic rings. The summed E-state index contributed by atoms with van der Waals surface area (Å²) in [5, 5.41) is 11.7. The van der Waals surface area contributed by atoms with E-state index in [1.165, 1.54) is 0 Å². The average molecular weight is 330 g/mol. The Labute approximate surface area is 140 Å². The molecule has 3 rings (SSSR count). The van der Waals surface area contributed by atoms with E-state index in [4.69, 9.17) is 0 Å². The number of carbonyl (C=O) groups excluding carboxylic acids is 1. The number of carbonyl (C=O) groups is 1. The van der Waals surface area contributed by atoms with E-state index in [0.717, 1.165) is 35.9 Å². The fourth-order valence-corrected chi connectivity index (χ4v) is 3.56. The normalized spacial score (nSPS) is 17.1. The van der Waals surface area contributed by atoms with Crippen LogP contribution in [0.5, 0.6) is 0 Å². The van der Waals surface area contributed by atoms with E-state index >= 15 is 0 Å². The van der Waals surface area contributed by atoms with Gasteiger partial charge in [0.2, 0.25) is 5.91 Å². The van der Waals surface area contributed by atoms with Gasteiger partial charge >= 0.3 is 0 Å². The molecular formula is C17H22N4OS. The molecule has 0 bridgehead atoms. The summed E-state index contributed by atoms with van der Waals surface area (Å²) in [6, 6.07) is 10.2. The number of hydrogen-bond donors (Lipinski definition) is 1. The van der Waals surface area contributed by atoms with Gasteiger partial charge in [-0.3, -0.25) is 4.79 Å². The third kappa shape index (κ3) is 3.93. The molecule has 1 aliphatic heterocycles. The highest BCUT2D eigenvalue weighted by Gasteiger charge is 2.24. The zero-order valence-corrected chi connectivity index (χ0v) is 14.3. The van der Waals surface area contributed by atoms with Gasteiger partial charge in [0.05, 0.1) is 5.75 Å². The maximum absolute atomic E-state index is 12.2. The molecule has 0 spiro atoms. The maximum atomic E-state index is 12.2. The van der Waals surface area contributed by atoms with E-state index in [9.17, 15) is 4.79 Å². The molecule has 6 heteroatoms. The Morgan fingerprint density at radius 3 is 2.87 bits per heavy atom. The van der Waals surface area contributed by atoms with E-state index in [0.29, 0.717) is 11.7 Å². The van der Waals surface area contributed by atoms with Crippen molar-refractivity contribution in [1.82, 2.24) is 20.1 Å². The van der Waals surface area contributed by atoms with Crippen LogP contribution in [-0.4, -0.2) is 32.5 Å². The van der Waals surface area contributed by atoms with Crippen LogP contribution < -0.4 is 5.32 Å². The standard InChI is InChI=1S/C17H22N4OS/c1-12(2)17-20-19-15-9-8-13(10-21(15)17)18-16(22)11-23-14-6-4-3-5-7-14/h3-7,12-13H,8-11H2,1-2H3,(H,18,22)/t13-/m1/s1. The van der Waals surface area contributed by atoms with Crippen molar-refractivity contribution in [3.05, 3.63) is 42.0 Å². The first-order valence-electron chi connectivity index (χ1n) is 8.02. The van der Waals surface area contributed by atoms with Gasteiger partial charge in [-0.15, -0.1) is 22.0 Å². The van der Waals surface area contributed by atoms with Gasteiger partial charge in [0, 0.05) is 29.8 Å². The molecule has 0 aliphatic carbocycles. The van der Waals surface area contributed by atoms with Crippen LogP contribution in [0.25, 0.3) is 0 Å². The molecule has 1 aromatic heterocycles. The van der Waals surface area contributed by atoms with Gasteiger partial charge in [-0.25, -0.2) is 0 Å². The van der Waals surface area contributed by atoms with Crippen LogP contribution >= 0.6 is 11.8 Å². The van der Waals surface area contributed by atoms with E-state index < -0.39 is 0 Å². The molecule has 1 aromatic carbocycles. The minimum absolute atomic E-state index is 0.0893. The van der Waals surface area contributed by atoms with Crippen LogP contribution in [0, 0.1) is 0 Å². The molecule has 23 heavy (non-hydrogen) atoms. The lowest BCUT2D eigenvalue weighted by Gasteiger charge is -2.25. The third-order valence-electron chi connectivity index (χ3n) is 3.97. The molecule has 5 nitrogen and oxygen atoms in total. The van der Waals surface area contributed by atoms with E-state index in [-0.39, 0.29) is 11.9 Å². The number of nitrogens with zero attached hydrogens (tertiary/aromatic N) is 3. The first-order chi connectivity index (χ1) is 11.1. The number of amides is 1. The topological polar surface area (TPSA) is 59.8 Å². The first kappa shape index (κ1) is 16.1. The summed E-state index contributed by atoms with van der Waals surface area (Å²) < 4.78 is 2.17. The highest BCUT2D eigenvalue weighted by atomic mass is 32.2. The summed E-state index contributed by atoms with van der Waals surface area (Å²) >= 11 is 1.57.